The van der Waals surface area contributed by atoms with E-state index in [2.05, 4.69) is 228 Å². The number of hydrogen-bond acceptors (Lipinski definition) is 0. The summed E-state index contributed by atoms with van der Waals surface area (Å²) in [6.45, 7) is 0. The minimum absolute atomic E-state index is 1.17. The normalized spacial score (nSPS) is 12.9. The maximum absolute atomic E-state index is 2.54. The topological polar surface area (TPSA) is 9.86 Å². The van der Waals surface area contributed by atoms with Crippen LogP contribution in [-0.4, -0.2) is 9.13 Å². The highest BCUT2D eigenvalue weighted by atomic mass is 15.1. The van der Waals surface area contributed by atoms with Crippen LogP contribution in [0.3, 0.4) is 0 Å². The first-order valence-corrected chi connectivity index (χ1v) is 19.3. The SMILES string of the molecule is c1ccc(C(=C2C(=C(c3ccccc3)c3ccccc3)C(n3c4ccccc4c4ccccc43)=C2n2c3ccccc3c3ccccc32)c2ccccc2)cc1. The van der Waals surface area contributed by atoms with Crippen molar-refractivity contribution in [3.63, 3.8) is 0 Å². The summed E-state index contributed by atoms with van der Waals surface area (Å²) >= 11 is 0. The van der Waals surface area contributed by atoms with Crippen LogP contribution in [0.1, 0.15) is 22.3 Å². The van der Waals surface area contributed by atoms with Crippen LogP contribution in [0.4, 0.5) is 0 Å². The number of benzene rings is 8. The maximum atomic E-state index is 2.54. The van der Waals surface area contributed by atoms with Gasteiger partial charge >= 0.3 is 0 Å². The van der Waals surface area contributed by atoms with Gasteiger partial charge in [-0.2, -0.15) is 0 Å². The summed E-state index contributed by atoms with van der Waals surface area (Å²) in [6, 6.07) is 79.4. The number of nitrogens with zero attached hydrogens (tertiary/aromatic N) is 2. The van der Waals surface area contributed by atoms with E-state index < -0.39 is 0 Å². The Morgan fingerprint density at radius 2 is 0.446 bits per heavy atom. The lowest BCUT2D eigenvalue weighted by Gasteiger charge is -2.38. The van der Waals surface area contributed by atoms with E-state index in [4.69, 9.17) is 0 Å². The molecule has 0 N–H and O–H groups in total. The Morgan fingerprint density at radius 3 is 0.696 bits per heavy atom. The molecule has 1 aliphatic carbocycles. The summed E-state index contributed by atoms with van der Waals surface area (Å²) in [4.78, 5) is 0. The van der Waals surface area contributed by atoms with Gasteiger partial charge in [0.25, 0.3) is 0 Å². The van der Waals surface area contributed by atoms with Gasteiger partial charge in [0.15, 0.2) is 0 Å². The fourth-order valence-electron chi connectivity index (χ4n) is 8.99. The van der Waals surface area contributed by atoms with Crippen LogP contribution in [0.5, 0.6) is 0 Å². The average molecular weight is 713 g/mol. The number of allylic oxidation sites excluding steroid dienone is 4. The Labute approximate surface area is 325 Å². The molecule has 0 atom stereocenters. The van der Waals surface area contributed by atoms with Crippen molar-refractivity contribution in [1.29, 1.82) is 0 Å². The number of aromatic nitrogens is 2. The van der Waals surface area contributed by atoms with Crippen LogP contribution < -0.4 is 0 Å². The number of rotatable bonds is 6. The van der Waals surface area contributed by atoms with Crippen molar-refractivity contribution in [2.24, 2.45) is 0 Å². The van der Waals surface area contributed by atoms with Gasteiger partial charge in [0.05, 0.1) is 33.5 Å². The van der Waals surface area contributed by atoms with E-state index in [-0.39, 0.29) is 0 Å². The molecule has 1 aliphatic rings. The first-order valence-electron chi connectivity index (χ1n) is 19.3. The lowest BCUT2D eigenvalue weighted by atomic mass is 9.73. The molecule has 0 amide bonds. The zero-order valence-electron chi connectivity index (χ0n) is 30.7. The molecule has 56 heavy (non-hydrogen) atoms. The minimum Gasteiger partial charge on any atom is -0.307 e. The largest absolute Gasteiger partial charge is 0.307 e. The zero-order chi connectivity index (χ0) is 37.0. The number of fused-ring (bicyclic) bond motifs is 6. The molecule has 11 rings (SSSR count). The summed E-state index contributed by atoms with van der Waals surface area (Å²) < 4.78 is 5.09. The minimum atomic E-state index is 1.17. The molecule has 0 bridgehead atoms. The van der Waals surface area contributed by atoms with Crippen molar-refractivity contribution in [2.75, 3.05) is 0 Å². The van der Waals surface area contributed by atoms with E-state index in [1.54, 1.807) is 0 Å². The Bertz CT molecular complexity index is 2790. The lowest BCUT2D eigenvalue weighted by Crippen LogP contribution is -2.23. The quantitative estimate of drug-likeness (QED) is 0.162. The van der Waals surface area contributed by atoms with Gasteiger partial charge in [-0.15, -0.1) is 0 Å². The summed E-state index contributed by atoms with van der Waals surface area (Å²) in [5.41, 5.74) is 16.6. The first kappa shape index (κ1) is 32.0. The highest BCUT2D eigenvalue weighted by Crippen LogP contribution is 2.57. The van der Waals surface area contributed by atoms with Crippen LogP contribution in [-0.2, 0) is 0 Å². The van der Waals surface area contributed by atoms with Crippen LogP contribution in [0.2, 0.25) is 0 Å². The summed E-state index contributed by atoms with van der Waals surface area (Å²) in [7, 11) is 0. The molecule has 2 heterocycles. The van der Waals surface area contributed by atoms with E-state index in [9.17, 15) is 0 Å². The molecule has 8 aromatic carbocycles. The molecular weight excluding hydrogens is 677 g/mol. The van der Waals surface area contributed by atoms with Crippen molar-refractivity contribution in [2.45, 2.75) is 0 Å². The van der Waals surface area contributed by atoms with Gasteiger partial charge in [-0.05, 0) is 57.7 Å². The van der Waals surface area contributed by atoms with Gasteiger partial charge < -0.3 is 9.13 Å². The molecule has 10 aromatic rings. The van der Waals surface area contributed by atoms with Gasteiger partial charge in [0.1, 0.15) is 0 Å². The van der Waals surface area contributed by atoms with Crippen LogP contribution in [0, 0.1) is 0 Å². The second-order valence-electron chi connectivity index (χ2n) is 14.4. The Balaban J connectivity index is 1.45. The lowest BCUT2D eigenvalue weighted by molar-refractivity contribution is 1.10. The van der Waals surface area contributed by atoms with Gasteiger partial charge in [-0.25, -0.2) is 0 Å². The Kier molecular flexibility index (Phi) is 7.53. The van der Waals surface area contributed by atoms with Crippen LogP contribution in [0.15, 0.2) is 230 Å². The van der Waals surface area contributed by atoms with E-state index in [1.807, 2.05) is 0 Å². The third-order valence-corrected chi connectivity index (χ3v) is 11.3. The molecule has 0 radical (unpaired) electrons. The van der Waals surface area contributed by atoms with Crippen molar-refractivity contribution in [3.8, 4) is 0 Å². The molecule has 2 aromatic heterocycles. The van der Waals surface area contributed by atoms with Crippen molar-refractivity contribution in [1.82, 2.24) is 9.13 Å². The number of hydrogen-bond donors (Lipinski definition) is 0. The molecular formula is C54H36N2. The van der Waals surface area contributed by atoms with E-state index in [0.29, 0.717) is 0 Å². The molecule has 0 aliphatic heterocycles. The second-order valence-corrected chi connectivity index (χ2v) is 14.4. The Hall–Kier alpha value is -7.42. The molecule has 0 unspecified atom stereocenters. The van der Waals surface area contributed by atoms with E-state index >= 15 is 0 Å². The van der Waals surface area contributed by atoms with E-state index in [0.717, 1.165) is 0 Å². The maximum Gasteiger partial charge on any atom is 0.0796 e. The standard InChI is InChI=1S/C54H36N2/c1-5-21-37(22-6-1)49(38-23-7-2-8-24-38)51-52(50(39-25-9-3-10-26-39)40-27-11-4-12-28-40)54(56-47-35-19-15-31-43(47)44-32-16-20-36-48(44)56)53(51)55-45-33-17-13-29-41(45)42-30-14-18-34-46(42)55/h1-36H. The summed E-state index contributed by atoms with van der Waals surface area (Å²) in [5, 5.41) is 4.95. The smallest absolute Gasteiger partial charge is 0.0796 e. The van der Waals surface area contributed by atoms with E-state index in [1.165, 1.54) is 99.6 Å². The highest BCUT2D eigenvalue weighted by Gasteiger charge is 2.41. The summed E-state index contributed by atoms with van der Waals surface area (Å²) in [5.74, 6) is 0. The molecule has 2 heteroatoms. The second kappa shape index (κ2) is 13.2. The monoisotopic (exact) mass is 712 g/mol. The van der Waals surface area contributed by atoms with Crippen molar-refractivity contribution in [3.05, 3.63) is 252 Å². The zero-order valence-corrected chi connectivity index (χ0v) is 30.7. The molecule has 0 fully saturated rings. The van der Waals surface area contributed by atoms with Gasteiger partial charge in [0.2, 0.25) is 0 Å². The predicted octanol–water partition coefficient (Wildman–Crippen LogP) is 13.7. The predicted molar refractivity (Wildman–Crippen MR) is 236 cm³/mol. The third-order valence-electron chi connectivity index (χ3n) is 11.3. The highest BCUT2D eigenvalue weighted by molar-refractivity contribution is 6.26. The molecule has 2 nitrogen and oxygen atoms in total. The van der Waals surface area contributed by atoms with Gasteiger partial charge in [-0.1, -0.05) is 194 Å². The molecule has 262 valence electrons. The van der Waals surface area contributed by atoms with Gasteiger partial charge in [0, 0.05) is 32.7 Å². The third kappa shape index (κ3) is 4.90. The van der Waals surface area contributed by atoms with Crippen LogP contribution in [0.25, 0.3) is 66.2 Å². The molecule has 0 saturated heterocycles. The average Bonchev–Trinajstić information content (AvgIpc) is 3.77. The van der Waals surface area contributed by atoms with Crippen molar-refractivity contribution < 1.29 is 0 Å². The number of para-hydroxylation sites is 4. The van der Waals surface area contributed by atoms with Crippen LogP contribution >= 0.6 is 0 Å². The first-order chi connectivity index (χ1) is 27.9. The Morgan fingerprint density at radius 1 is 0.232 bits per heavy atom. The molecule has 0 saturated carbocycles. The summed E-state index contributed by atoms with van der Waals surface area (Å²) in [6.07, 6.45) is 0. The van der Waals surface area contributed by atoms with Gasteiger partial charge in [-0.3, -0.25) is 0 Å². The fourth-order valence-corrected chi connectivity index (χ4v) is 8.99. The fraction of sp³-hybridized carbons (Fsp3) is 0. The molecule has 0 spiro atoms. The van der Waals surface area contributed by atoms with Crippen molar-refractivity contribution >= 4 is 66.2 Å².